The van der Waals surface area contributed by atoms with E-state index >= 15 is 0 Å². The maximum Gasteiger partial charge on any atom is 0.270 e. The van der Waals surface area contributed by atoms with Gasteiger partial charge in [-0.2, -0.15) is 0 Å². The van der Waals surface area contributed by atoms with E-state index in [1.54, 1.807) is 12.1 Å². The van der Waals surface area contributed by atoms with Crippen LogP contribution in [0.15, 0.2) is 24.8 Å². The molecule has 3 heteroatoms. The number of benzene rings is 1. The zero-order valence-corrected chi connectivity index (χ0v) is 6.78. The molecule has 0 radical (unpaired) electrons. The Bertz CT molecular complexity index is 331. The lowest BCUT2D eigenvalue weighted by Gasteiger charge is -1.98. The first-order valence-electron chi connectivity index (χ1n) is 3.52. The van der Waals surface area contributed by atoms with Crippen LogP contribution < -0.4 is 0 Å². The van der Waals surface area contributed by atoms with Gasteiger partial charge in [0.1, 0.15) is 0 Å². The van der Waals surface area contributed by atoms with Crippen molar-refractivity contribution in [3.63, 3.8) is 0 Å². The van der Waals surface area contributed by atoms with E-state index in [9.17, 15) is 10.1 Å². The van der Waals surface area contributed by atoms with Gasteiger partial charge in [-0.15, -0.1) is 0 Å². The molecular weight excluding hydrogens is 154 g/mol. The zero-order valence-electron chi connectivity index (χ0n) is 6.78. The molecular formula is C9H9NO2. The molecule has 0 spiro atoms. The molecule has 0 saturated carbocycles. The van der Waals surface area contributed by atoms with Crippen LogP contribution in [0.2, 0.25) is 0 Å². The second-order valence-electron chi connectivity index (χ2n) is 2.50. The fourth-order valence-electron chi connectivity index (χ4n) is 0.961. The molecule has 0 unspecified atom stereocenters. The molecule has 0 saturated heterocycles. The predicted octanol–water partition coefficient (Wildman–Crippen LogP) is 2.55. The third-order valence-electron chi connectivity index (χ3n) is 1.69. The van der Waals surface area contributed by atoms with E-state index in [0.717, 1.165) is 11.1 Å². The smallest absolute Gasteiger partial charge is 0.258 e. The van der Waals surface area contributed by atoms with Crippen molar-refractivity contribution in [1.29, 1.82) is 0 Å². The summed E-state index contributed by atoms with van der Waals surface area (Å²) in [4.78, 5) is 9.94. The van der Waals surface area contributed by atoms with Gasteiger partial charge in [0.15, 0.2) is 0 Å². The van der Waals surface area contributed by atoms with Crippen LogP contribution in [-0.4, -0.2) is 4.92 Å². The monoisotopic (exact) mass is 163 g/mol. The van der Waals surface area contributed by atoms with Gasteiger partial charge in [-0.3, -0.25) is 10.1 Å². The molecule has 12 heavy (non-hydrogen) atoms. The number of hydrogen-bond acceptors (Lipinski definition) is 2. The van der Waals surface area contributed by atoms with E-state index in [4.69, 9.17) is 0 Å². The van der Waals surface area contributed by atoms with Gasteiger partial charge in [0.05, 0.1) is 4.92 Å². The molecule has 3 nitrogen and oxygen atoms in total. The van der Waals surface area contributed by atoms with Crippen molar-refractivity contribution in [2.45, 2.75) is 6.92 Å². The quantitative estimate of drug-likeness (QED) is 0.496. The molecule has 1 aromatic rings. The second-order valence-corrected chi connectivity index (χ2v) is 2.50. The van der Waals surface area contributed by atoms with Crippen molar-refractivity contribution in [1.82, 2.24) is 0 Å². The number of hydrogen-bond donors (Lipinski definition) is 0. The maximum absolute atomic E-state index is 10.4. The van der Waals surface area contributed by atoms with Crippen molar-refractivity contribution in [3.8, 4) is 0 Å². The van der Waals surface area contributed by atoms with Crippen LogP contribution in [0.3, 0.4) is 0 Å². The van der Waals surface area contributed by atoms with Gasteiger partial charge in [0, 0.05) is 12.1 Å². The number of non-ortho nitro benzene ring substituents is 1. The maximum atomic E-state index is 10.4. The normalized spacial score (nSPS) is 9.42. The first-order valence-corrected chi connectivity index (χ1v) is 3.52. The van der Waals surface area contributed by atoms with Crippen molar-refractivity contribution >= 4 is 11.8 Å². The van der Waals surface area contributed by atoms with Crippen LogP contribution in [0, 0.1) is 17.0 Å². The molecule has 0 aliphatic carbocycles. The lowest BCUT2D eigenvalue weighted by atomic mass is 10.1. The highest BCUT2D eigenvalue weighted by atomic mass is 16.6. The second kappa shape index (κ2) is 3.17. The van der Waals surface area contributed by atoms with Gasteiger partial charge in [0.25, 0.3) is 5.69 Å². The van der Waals surface area contributed by atoms with E-state index in [1.165, 1.54) is 12.1 Å². The molecule has 1 rings (SSSR count). The van der Waals surface area contributed by atoms with E-state index in [0.29, 0.717) is 0 Å². The van der Waals surface area contributed by atoms with Crippen molar-refractivity contribution in [2.24, 2.45) is 0 Å². The van der Waals surface area contributed by atoms with Crippen LogP contribution in [0.25, 0.3) is 6.08 Å². The lowest BCUT2D eigenvalue weighted by Crippen LogP contribution is -1.89. The first kappa shape index (κ1) is 8.46. The molecule has 0 bridgehead atoms. The Kier molecular flexibility index (Phi) is 2.24. The van der Waals surface area contributed by atoms with Gasteiger partial charge < -0.3 is 0 Å². The Morgan fingerprint density at radius 3 is 2.75 bits per heavy atom. The Morgan fingerprint density at radius 2 is 2.25 bits per heavy atom. The highest BCUT2D eigenvalue weighted by molar-refractivity contribution is 5.55. The minimum Gasteiger partial charge on any atom is -0.258 e. The summed E-state index contributed by atoms with van der Waals surface area (Å²) in [7, 11) is 0. The van der Waals surface area contributed by atoms with E-state index in [-0.39, 0.29) is 5.69 Å². The van der Waals surface area contributed by atoms with E-state index in [2.05, 4.69) is 6.58 Å². The van der Waals surface area contributed by atoms with Crippen molar-refractivity contribution < 1.29 is 4.92 Å². The Morgan fingerprint density at radius 1 is 1.58 bits per heavy atom. The summed E-state index contributed by atoms with van der Waals surface area (Å²) >= 11 is 0. The summed E-state index contributed by atoms with van der Waals surface area (Å²) in [5.74, 6) is 0. The number of nitro groups is 1. The van der Waals surface area contributed by atoms with Gasteiger partial charge in [0.2, 0.25) is 0 Å². The minimum absolute atomic E-state index is 0.107. The highest BCUT2D eigenvalue weighted by Gasteiger charge is 2.05. The summed E-state index contributed by atoms with van der Waals surface area (Å²) in [6.45, 7) is 5.46. The molecule has 0 aliphatic heterocycles. The van der Waals surface area contributed by atoms with Gasteiger partial charge in [-0.25, -0.2) is 0 Å². The standard InChI is InChI=1S/C9H9NO2/c1-3-8-6-9(10(11)12)5-4-7(8)2/h3-6H,1H2,2H3. The summed E-state index contributed by atoms with van der Waals surface area (Å²) in [6.07, 6.45) is 1.61. The number of aryl methyl sites for hydroxylation is 1. The number of nitrogens with zero attached hydrogens (tertiary/aromatic N) is 1. The molecule has 0 aromatic heterocycles. The number of rotatable bonds is 2. The van der Waals surface area contributed by atoms with Crippen molar-refractivity contribution in [3.05, 3.63) is 46.0 Å². The molecule has 0 atom stereocenters. The van der Waals surface area contributed by atoms with Crippen molar-refractivity contribution in [2.75, 3.05) is 0 Å². The minimum atomic E-state index is -0.410. The van der Waals surface area contributed by atoms with Crippen LogP contribution in [-0.2, 0) is 0 Å². The highest BCUT2D eigenvalue weighted by Crippen LogP contribution is 2.17. The Labute approximate surface area is 70.5 Å². The largest absolute Gasteiger partial charge is 0.270 e. The molecule has 1 aromatic carbocycles. The average Bonchev–Trinajstić information content (AvgIpc) is 2.05. The van der Waals surface area contributed by atoms with Crippen LogP contribution >= 0.6 is 0 Å². The SMILES string of the molecule is C=Cc1cc([N+](=O)[O-])ccc1C. The average molecular weight is 163 g/mol. The van der Waals surface area contributed by atoms with Crippen LogP contribution in [0.4, 0.5) is 5.69 Å². The molecule has 62 valence electrons. The topological polar surface area (TPSA) is 43.1 Å². The summed E-state index contributed by atoms with van der Waals surface area (Å²) in [5, 5.41) is 10.4. The first-order chi connectivity index (χ1) is 5.65. The third-order valence-corrected chi connectivity index (χ3v) is 1.69. The van der Waals surface area contributed by atoms with E-state index < -0.39 is 4.92 Å². The van der Waals surface area contributed by atoms with E-state index in [1.807, 2.05) is 6.92 Å². The van der Waals surface area contributed by atoms with Gasteiger partial charge in [-0.1, -0.05) is 18.7 Å². The molecule has 0 heterocycles. The predicted molar refractivity (Wildman–Crippen MR) is 47.9 cm³/mol. The Hall–Kier alpha value is -1.64. The van der Waals surface area contributed by atoms with Crippen LogP contribution in [0.5, 0.6) is 0 Å². The molecule has 0 fully saturated rings. The zero-order chi connectivity index (χ0) is 9.14. The summed E-state index contributed by atoms with van der Waals surface area (Å²) in [5.41, 5.74) is 1.91. The Balaban J connectivity index is 3.22. The molecule has 0 N–H and O–H groups in total. The third kappa shape index (κ3) is 1.50. The fraction of sp³-hybridized carbons (Fsp3) is 0.111. The molecule has 0 amide bonds. The summed E-state index contributed by atoms with van der Waals surface area (Å²) in [6, 6.07) is 4.72. The lowest BCUT2D eigenvalue weighted by molar-refractivity contribution is -0.384. The molecule has 0 aliphatic rings. The van der Waals surface area contributed by atoms with Gasteiger partial charge >= 0.3 is 0 Å². The summed E-state index contributed by atoms with van der Waals surface area (Å²) < 4.78 is 0. The number of nitro benzene ring substituents is 1. The van der Waals surface area contributed by atoms with Gasteiger partial charge in [-0.05, 0) is 18.1 Å². The van der Waals surface area contributed by atoms with Crippen LogP contribution in [0.1, 0.15) is 11.1 Å². The fourth-order valence-corrected chi connectivity index (χ4v) is 0.961.